The van der Waals surface area contributed by atoms with Gasteiger partial charge in [0.1, 0.15) is 23.5 Å². The molecule has 0 saturated carbocycles. The summed E-state index contributed by atoms with van der Waals surface area (Å²) in [5.41, 5.74) is 1.41. The summed E-state index contributed by atoms with van der Waals surface area (Å²) in [7, 11) is 1.56. The zero-order chi connectivity index (χ0) is 12.4. The number of hydrogen-bond donors (Lipinski definition) is 1. The zero-order valence-electron chi connectivity index (χ0n) is 9.60. The molecule has 0 aliphatic rings. The van der Waals surface area contributed by atoms with Crippen molar-refractivity contribution >= 4 is 16.9 Å². The molecule has 0 spiro atoms. The second-order valence-corrected chi connectivity index (χ2v) is 3.65. The Morgan fingerprint density at radius 1 is 1.41 bits per heavy atom. The molecule has 17 heavy (non-hydrogen) atoms. The van der Waals surface area contributed by atoms with Crippen LogP contribution in [0.1, 0.15) is 11.5 Å². The number of rotatable bonds is 3. The van der Waals surface area contributed by atoms with Crippen LogP contribution >= 0.6 is 0 Å². The number of fused-ring (bicyclic) bond motifs is 1. The average Bonchev–Trinajstić information content (AvgIpc) is 2.27. The normalized spacial score (nSPS) is 10.5. The molecule has 0 unspecified atom stereocenters. The van der Waals surface area contributed by atoms with E-state index in [-0.39, 0.29) is 6.42 Å². The third-order valence-corrected chi connectivity index (χ3v) is 2.46. The van der Waals surface area contributed by atoms with E-state index in [1.54, 1.807) is 13.2 Å². The van der Waals surface area contributed by atoms with Crippen LogP contribution in [0.5, 0.6) is 5.75 Å². The van der Waals surface area contributed by atoms with Gasteiger partial charge in [0.2, 0.25) is 0 Å². The number of benzene rings is 1. The minimum atomic E-state index is -0.946. The molecule has 0 saturated heterocycles. The molecule has 5 nitrogen and oxygen atoms in total. The number of methoxy groups -OCH3 is 1. The quantitative estimate of drug-likeness (QED) is 0.869. The molecule has 0 aliphatic carbocycles. The maximum absolute atomic E-state index is 10.7. The second kappa shape index (κ2) is 4.37. The fourth-order valence-corrected chi connectivity index (χ4v) is 1.72. The Labute approximate surface area is 98.1 Å². The lowest BCUT2D eigenvalue weighted by Crippen LogP contribution is -2.06. The van der Waals surface area contributed by atoms with E-state index in [9.17, 15) is 4.79 Å². The number of nitrogens with zero attached hydrogens (tertiary/aromatic N) is 2. The highest BCUT2D eigenvalue weighted by Crippen LogP contribution is 2.25. The molecule has 0 aliphatic heterocycles. The molecule has 88 valence electrons. The molecule has 0 atom stereocenters. The van der Waals surface area contributed by atoms with E-state index in [2.05, 4.69) is 9.97 Å². The van der Waals surface area contributed by atoms with Crippen LogP contribution < -0.4 is 4.74 Å². The molecule has 0 radical (unpaired) electrons. The molecular formula is C12H12N2O3. The number of para-hydroxylation sites is 1. The van der Waals surface area contributed by atoms with Crippen molar-refractivity contribution in [2.75, 3.05) is 7.11 Å². The van der Waals surface area contributed by atoms with Crippen molar-refractivity contribution < 1.29 is 14.6 Å². The van der Waals surface area contributed by atoms with Gasteiger partial charge in [0.25, 0.3) is 0 Å². The molecule has 0 amide bonds. The van der Waals surface area contributed by atoms with Crippen molar-refractivity contribution in [2.24, 2.45) is 0 Å². The Morgan fingerprint density at radius 3 is 2.82 bits per heavy atom. The van der Waals surface area contributed by atoms with Crippen LogP contribution in [0, 0.1) is 6.92 Å². The Morgan fingerprint density at radius 2 is 2.18 bits per heavy atom. The first kappa shape index (κ1) is 11.3. The molecular weight excluding hydrogens is 220 g/mol. The van der Waals surface area contributed by atoms with E-state index >= 15 is 0 Å². The number of carbonyl (C=O) groups is 1. The summed E-state index contributed by atoms with van der Waals surface area (Å²) in [6.07, 6.45) is -0.186. The lowest BCUT2D eigenvalue weighted by Gasteiger charge is -2.07. The predicted octanol–water partition coefficient (Wildman–Crippen LogP) is 1.57. The molecule has 1 aromatic carbocycles. The number of aryl methyl sites for hydroxylation is 1. The van der Waals surface area contributed by atoms with Crippen molar-refractivity contribution in [2.45, 2.75) is 13.3 Å². The van der Waals surface area contributed by atoms with Gasteiger partial charge in [0.15, 0.2) is 0 Å². The van der Waals surface area contributed by atoms with Crippen molar-refractivity contribution in [3.8, 4) is 5.75 Å². The first-order chi connectivity index (χ1) is 8.11. The van der Waals surface area contributed by atoms with E-state index in [0.717, 1.165) is 11.1 Å². The average molecular weight is 232 g/mol. The lowest BCUT2D eigenvalue weighted by molar-refractivity contribution is -0.136. The monoisotopic (exact) mass is 232 g/mol. The van der Waals surface area contributed by atoms with Crippen LogP contribution in [0.2, 0.25) is 0 Å². The van der Waals surface area contributed by atoms with E-state index < -0.39 is 5.97 Å². The fraction of sp³-hybridized carbons (Fsp3) is 0.250. The Hall–Kier alpha value is -2.17. The fourth-order valence-electron chi connectivity index (χ4n) is 1.72. The van der Waals surface area contributed by atoms with Gasteiger partial charge in [-0.05, 0) is 13.0 Å². The zero-order valence-corrected chi connectivity index (χ0v) is 9.60. The molecule has 2 aromatic rings. The van der Waals surface area contributed by atoms with Gasteiger partial charge in [-0.3, -0.25) is 4.79 Å². The molecule has 2 rings (SSSR count). The number of ether oxygens (including phenoxy) is 1. The van der Waals surface area contributed by atoms with Gasteiger partial charge in [0.05, 0.1) is 7.11 Å². The van der Waals surface area contributed by atoms with Crippen molar-refractivity contribution in [1.82, 2.24) is 9.97 Å². The van der Waals surface area contributed by atoms with Gasteiger partial charge in [0, 0.05) is 11.1 Å². The summed E-state index contributed by atoms with van der Waals surface area (Å²) in [6, 6.07) is 5.53. The highest BCUT2D eigenvalue weighted by atomic mass is 16.5. The highest BCUT2D eigenvalue weighted by molar-refractivity contribution is 5.86. The van der Waals surface area contributed by atoms with Gasteiger partial charge >= 0.3 is 5.97 Å². The molecule has 1 N–H and O–H groups in total. The van der Waals surface area contributed by atoms with E-state index in [0.29, 0.717) is 17.1 Å². The first-order valence-corrected chi connectivity index (χ1v) is 5.14. The molecule has 0 bridgehead atoms. The van der Waals surface area contributed by atoms with E-state index in [1.807, 2.05) is 19.1 Å². The summed E-state index contributed by atoms with van der Waals surface area (Å²) in [4.78, 5) is 19.1. The second-order valence-electron chi connectivity index (χ2n) is 3.65. The topological polar surface area (TPSA) is 72.3 Å². The highest BCUT2D eigenvalue weighted by Gasteiger charge is 2.10. The Balaban J connectivity index is 2.65. The predicted molar refractivity (Wildman–Crippen MR) is 62.2 cm³/mol. The van der Waals surface area contributed by atoms with Gasteiger partial charge in [-0.1, -0.05) is 12.1 Å². The Kier molecular flexibility index (Phi) is 2.91. The number of carboxylic acid groups (broad SMARTS) is 1. The number of hydrogen-bond acceptors (Lipinski definition) is 4. The molecule has 5 heteroatoms. The van der Waals surface area contributed by atoms with Crippen LogP contribution in [0.25, 0.3) is 10.9 Å². The van der Waals surface area contributed by atoms with Crippen molar-refractivity contribution in [3.05, 3.63) is 29.7 Å². The Bertz CT molecular complexity index is 581. The smallest absolute Gasteiger partial charge is 0.311 e. The van der Waals surface area contributed by atoms with Crippen molar-refractivity contribution in [1.29, 1.82) is 0 Å². The van der Waals surface area contributed by atoms with E-state index in [1.165, 1.54) is 0 Å². The molecule has 1 heterocycles. The van der Waals surface area contributed by atoms with Crippen LogP contribution in [-0.4, -0.2) is 28.2 Å². The van der Waals surface area contributed by atoms with Gasteiger partial charge < -0.3 is 9.84 Å². The number of carboxylic acids is 1. The summed E-state index contributed by atoms with van der Waals surface area (Å²) in [6.45, 7) is 1.83. The minimum Gasteiger partial charge on any atom is -0.494 e. The standard InChI is InChI=1S/C12H12N2O3/c1-7-8-4-3-5-9(17-2)12(8)14-10(13-7)6-11(15)16/h3-5H,6H2,1-2H3,(H,15,16). The maximum atomic E-state index is 10.7. The third-order valence-electron chi connectivity index (χ3n) is 2.46. The summed E-state index contributed by atoms with van der Waals surface area (Å²) in [5.74, 6) is -0.0229. The SMILES string of the molecule is COc1cccc2c(C)nc(CC(=O)O)nc12. The van der Waals surface area contributed by atoms with Gasteiger partial charge in [-0.2, -0.15) is 0 Å². The van der Waals surface area contributed by atoms with Gasteiger partial charge in [-0.25, -0.2) is 9.97 Å². The lowest BCUT2D eigenvalue weighted by atomic mass is 10.2. The van der Waals surface area contributed by atoms with Crippen LogP contribution in [-0.2, 0) is 11.2 Å². The summed E-state index contributed by atoms with van der Waals surface area (Å²) >= 11 is 0. The molecule has 1 aromatic heterocycles. The van der Waals surface area contributed by atoms with Crippen molar-refractivity contribution in [3.63, 3.8) is 0 Å². The number of aromatic nitrogens is 2. The largest absolute Gasteiger partial charge is 0.494 e. The van der Waals surface area contributed by atoms with E-state index in [4.69, 9.17) is 9.84 Å². The maximum Gasteiger partial charge on any atom is 0.311 e. The minimum absolute atomic E-state index is 0.186. The van der Waals surface area contributed by atoms with Gasteiger partial charge in [-0.15, -0.1) is 0 Å². The molecule has 0 fully saturated rings. The summed E-state index contributed by atoms with van der Waals surface area (Å²) < 4.78 is 5.20. The van der Waals surface area contributed by atoms with Crippen LogP contribution in [0.15, 0.2) is 18.2 Å². The van der Waals surface area contributed by atoms with Crippen LogP contribution in [0.3, 0.4) is 0 Å². The third kappa shape index (κ3) is 2.18. The number of aliphatic carboxylic acids is 1. The summed E-state index contributed by atoms with van der Waals surface area (Å²) in [5, 5.41) is 9.62. The van der Waals surface area contributed by atoms with Crippen LogP contribution in [0.4, 0.5) is 0 Å². The first-order valence-electron chi connectivity index (χ1n) is 5.14.